The largest absolute Gasteiger partial charge is 0.493 e. The standard InChI is InChI=1S/C23H29N3O3S/c1-16(2)15-29-20-7-5-6-18(14-20)22(28)25-23(30)24-19-11-8-17(9-12-19)10-13-21(27)26(3)4/h5-9,11-12,14,16H,10,13,15H2,1-4H3,(H2,24,25,28,30). The van der Waals surface area contributed by atoms with E-state index in [-0.39, 0.29) is 16.9 Å². The molecule has 2 rings (SSSR count). The first-order valence-corrected chi connectivity index (χ1v) is 10.3. The van der Waals surface area contributed by atoms with Gasteiger partial charge in [-0.05, 0) is 60.5 Å². The molecule has 6 nitrogen and oxygen atoms in total. The zero-order valence-corrected chi connectivity index (χ0v) is 18.7. The third kappa shape index (κ3) is 7.83. The highest BCUT2D eigenvalue weighted by molar-refractivity contribution is 7.80. The summed E-state index contributed by atoms with van der Waals surface area (Å²) in [6.07, 6.45) is 1.14. The quantitative estimate of drug-likeness (QED) is 0.626. The number of rotatable bonds is 8. The third-order valence-corrected chi connectivity index (χ3v) is 4.45. The van der Waals surface area contributed by atoms with Gasteiger partial charge in [0, 0.05) is 31.8 Å². The maximum absolute atomic E-state index is 12.5. The Labute approximate surface area is 183 Å². The number of aryl methyl sites for hydroxylation is 1. The number of benzene rings is 2. The minimum atomic E-state index is -0.304. The fraction of sp³-hybridized carbons (Fsp3) is 0.348. The Morgan fingerprint density at radius 2 is 1.80 bits per heavy atom. The zero-order chi connectivity index (χ0) is 22.1. The number of nitrogens with zero attached hydrogens (tertiary/aromatic N) is 1. The topological polar surface area (TPSA) is 70.7 Å². The van der Waals surface area contributed by atoms with Gasteiger partial charge in [-0.1, -0.05) is 32.0 Å². The normalized spacial score (nSPS) is 10.4. The van der Waals surface area contributed by atoms with E-state index in [2.05, 4.69) is 24.5 Å². The second-order valence-electron chi connectivity index (χ2n) is 7.63. The van der Waals surface area contributed by atoms with E-state index in [0.29, 0.717) is 36.7 Å². The number of nitrogens with one attached hydrogen (secondary N) is 2. The minimum absolute atomic E-state index is 0.0970. The lowest BCUT2D eigenvalue weighted by Crippen LogP contribution is -2.34. The van der Waals surface area contributed by atoms with Crippen molar-refractivity contribution in [3.8, 4) is 5.75 Å². The van der Waals surface area contributed by atoms with Crippen molar-refractivity contribution in [3.63, 3.8) is 0 Å². The molecule has 2 N–H and O–H groups in total. The van der Waals surface area contributed by atoms with Crippen LogP contribution in [0, 0.1) is 5.92 Å². The maximum atomic E-state index is 12.5. The number of hydrogen-bond donors (Lipinski definition) is 2. The van der Waals surface area contributed by atoms with Crippen LogP contribution in [0.25, 0.3) is 0 Å². The summed E-state index contributed by atoms with van der Waals surface area (Å²) < 4.78 is 5.67. The average Bonchev–Trinajstić information content (AvgIpc) is 2.71. The molecule has 0 aliphatic rings. The molecule has 0 aromatic heterocycles. The van der Waals surface area contributed by atoms with Gasteiger partial charge in [0.15, 0.2) is 5.11 Å². The van der Waals surface area contributed by atoms with E-state index < -0.39 is 0 Å². The van der Waals surface area contributed by atoms with Crippen LogP contribution in [0.15, 0.2) is 48.5 Å². The van der Waals surface area contributed by atoms with Crippen molar-refractivity contribution in [2.24, 2.45) is 5.92 Å². The van der Waals surface area contributed by atoms with Gasteiger partial charge in [0.2, 0.25) is 5.91 Å². The molecule has 0 bridgehead atoms. The number of thiocarbonyl (C=S) groups is 1. The molecule has 7 heteroatoms. The first-order valence-electron chi connectivity index (χ1n) is 9.89. The summed E-state index contributed by atoms with van der Waals surface area (Å²) in [6, 6.07) is 14.6. The van der Waals surface area contributed by atoms with E-state index in [1.54, 1.807) is 37.2 Å². The van der Waals surface area contributed by atoms with Gasteiger partial charge in [0.25, 0.3) is 5.91 Å². The predicted octanol–water partition coefficient (Wildman–Crippen LogP) is 3.87. The van der Waals surface area contributed by atoms with Crippen LogP contribution >= 0.6 is 12.2 Å². The lowest BCUT2D eigenvalue weighted by Gasteiger charge is -2.12. The SMILES string of the molecule is CC(C)COc1cccc(C(=O)NC(=S)Nc2ccc(CCC(=O)N(C)C)cc2)c1. The second kappa shape index (κ2) is 11.3. The van der Waals surface area contributed by atoms with Crippen LogP contribution in [-0.4, -0.2) is 42.5 Å². The highest BCUT2D eigenvalue weighted by atomic mass is 32.1. The molecule has 2 amide bonds. The van der Waals surface area contributed by atoms with Crippen LogP contribution in [0.1, 0.15) is 36.2 Å². The molecule has 2 aromatic carbocycles. The number of anilines is 1. The molecule has 0 radical (unpaired) electrons. The Kier molecular flexibility index (Phi) is 8.80. The Balaban J connectivity index is 1.87. The van der Waals surface area contributed by atoms with E-state index in [1.807, 2.05) is 30.3 Å². The Hall–Kier alpha value is -2.93. The number of ether oxygens (including phenoxy) is 1. The van der Waals surface area contributed by atoms with Crippen molar-refractivity contribution >= 4 is 34.8 Å². The summed E-state index contributed by atoms with van der Waals surface area (Å²) in [4.78, 5) is 25.7. The van der Waals surface area contributed by atoms with Crippen molar-refractivity contribution in [2.45, 2.75) is 26.7 Å². The van der Waals surface area contributed by atoms with Gasteiger partial charge in [0.1, 0.15) is 5.75 Å². The smallest absolute Gasteiger partial charge is 0.257 e. The summed E-state index contributed by atoms with van der Waals surface area (Å²) in [7, 11) is 3.50. The summed E-state index contributed by atoms with van der Waals surface area (Å²) in [6.45, 7) is 4.72. The fourth-order valence-electron chi connectivity index (χ4n) is 2.56. The van der Waals surface area contributed by atoms with Gasteiger partial charge in [-0.25, -0.2) is 0 Å². The van der Waals surface area contributed by atoms with Crippen molar-refractivity contribution in [1.82, 2.24) is 10.2 Å². The number of carbonyl (C=O) groups is 2. The Morgan fingerprint density at radius 3 is 2.43 bits per heavy atom. The van der Waals surface area contributed by atoms with Gasteiger partial charge in [-0.2, -0.15) is 0 Å². The van der Waals surface area contributed by atoms with Gasteiger partial charge in [-0.3, -0.25) is 14.9 Å². The molecule has 160 valence electrons. The Bertz CT molecular complexity index is 880. The summed E-state index contributed by atoms with van der Waals surface area (Å²) in [5.41, 5.74) is 2.29. The average molecular weight is 428 g/mol. The minimum Gasteiger partial charge on any atom is -0.493 e. The summed E-state index contributed by atoms with van der Waals surface area (Å²) >= 11 is 5.25. The van der Waals surface area contributed by atoms with Crippen LogP contribution in [0.3, 0.4) is 0 Å². The zero-order valence-electron chi connectivity index (χ0n) is 17.9. The molecule has 0 saturated carbocycles. The van der Waals surface area contributed by atoms with Crippen LogP contribution in [0.4, 0.5) is 5.69 Å². The molecule has 0 saturated heterocycles. The fourth-order valence-corrected chi connectivity index (χ4v) is 2.77. The van der Waals surface area contributed by atoms with Gasteiger partial charge in [0.05, 0.1) is 6.61 Å². The molecule has 0 fully saturated rings. The van der Waals surface area contributed by atoms with Crippen molar-refractivity contribution in [1.29, 1.82) is 0 Å². The first-order chi connectivity index (χ1) is 14.2. The molecule has 0 aliphatic carbocycles. The highest BCUT2D eigenvalue weighted by Crippen LogP contribution is 2.15. The van der Waals surface area contributed by atoms with E-state index >= 15 is 0 Å². The number of hydrogen-bond acceptors (Lipinski definition) is 4. The molecule has 0 aliphatic heterocycles. The van der Waals surface area contributed by atoms with E-state index in [9.17, 15) is 9.59 Å². The van der Waals surface area contributed by atoms with Gasteiger partial charge >= 0.3 is 0 Å². The molecule has 30 heavy (non-hydrogen) atoms. The maximum Gasteiger partial charge on any atom is 0.257 e. The lowest BCUT2D eigenvalue weighted by molar-refractivity contribution is -0.128. The lowest BCUT2D eigenvalue weighted by atomic mass is 10.1. The molecular formula is C23H29N3O3S. The van der Waals surface area contributed by atoms with E-state index in [1.165, 1.54) is 0 Å². The molecular weight excluding hydrogens is 398 g/mol. The number of carbonyl (C=O) groups excluding carboxylic acids is 2. The molecule has 2 aromatic rings. The summed E-state index contributed by atoms with van der Waals surface area (Å²) in [5, 5.41) is 5.89. The van der Waals surface area contributed by atoms with Crippen molar-refractivity contribution in [2.75, 3.05) is 26.0 Å². The molecule has 0 spiro atoms. The van der Waals surface area contributed by atoms with Gasteiger partial charge in [-0.15, -0.1) is 0 Å². The molecule has 0 atom stereocenters. The predicted molar refractivity (Wildman–Crippen MR) is 124 cm³/mol. The van der Waals surface area contributed by atoms with Crippen molar-refractivity contribution in [3.05, 3.63) is 59.7 Å². The number of amides is 2. The van der Waals surface area contributed by atoms with E-state index in [4.69, 9.17) is 17.0 Å². The first kappa shape index (κ1) is 23.3. The van der Waals surface area contributed by atoms with Crippen molar-refractivity contribution < 1.29 is 14.3 Å². The summed E-state index contributed by atoms with van der Waals surface area (Å²) in [5.74, 6) is 0.846. The highest BCUT2D eigenvalue weighted by Gasteiger charge is 2.10. The Morgan fingerprint density at radius 1 is 1.10 bits per heavy atom. The second-order valence-corrected chi connectivity index (χ2v) is 8.03. The van der Waals surface area contributed by atoms with Crippen LogP contribution < -0.4 is 15.4 Å². The van der Waals surface area contributed by atoms with Crippen LogP contribution in [0.5, 0.6) is 5.75 Å². The van der Waals surface area contributed by atoms with Crippen LogP contribution in [-0.2, 0) is 11.2 Å². The van der Waals surface area contributed by atoms with Gasteiger partial charge < -0.3 is 15.0 Å². The molecule has 0 heterocycles. The molecule has 0 unspecified atom stereocenters. The monoisotopic (exact) mass is 427 g/mol. The third-order valence-electron chi connectivity index (χ3n) is 4.24. The van der Waals surface area contributed by atoms with E-state index in [0.717, 1.165) is 11.3 Å². The van der Waals surface area contributed by atoms with Crippen LogP contribution in [0.2, 0.25) is 0 Å².